The van der Waals surface area contributed by atoms with Crippen molar-refractivity contribution in [1.29, 1.82) is 0 Å². The van der Waals surface area contributed by atoms with Crippen molar-refractivity contribution in [2.24, 2.45) is 0 Å². The number of carbonyl (C=O) groups excluding carboxylic acids is 1. The first-order valence-corrected chi connectivity index (χ1v) is 6.31. The lowest BCUT2D eigenvalue weighted by molar-refractivity contribution is 0.0379. The second-order valence-corrected chi connectivity index (χ2v) is 4.71. The maximum absolute atomic E-state index is 12.0. The molecule has 0 aliphatic rings. The Morgan fingerprint density at radius 1 is 1.39 bits per heavy atom. The number of hydrogen-bond acceptors (Lipinski definition) is 4. The van der Waals surface area contributed by atoms with Crippen molar-refractivity contribution in [3.8, 4) is 0 Å². The summed E-state index contributed by atoms with van der Waals surface area (Å²) in [5.74, 6) is -0.344. The van der Waals surface area contributed by atoms with Crippen LogP contribution < -0.4 is 11.1 Å². The highest BCUT2D eigenvalue weighted by Crippen LogP contribution is 2.21. The molecule has 100 valence electrons. The van der Waals surface area contributed by atoms with Crippen LogP contribution in [0, 0.1) is 0 Å². The van der Waals surface area contributed by atoms with E-state index >= 15 is 0 Å². The molecule has 4 nitrogen and oxygen atoms in total. The third-order valence-electron chi connectivity index (χ3n) is 2.62. The van der Waals surface area contributed by atoms with Gasteiger partial charge in [0.25, 0.3) is 0 Å². The minimum atomic E-state index is -0.344. The zero-order valence-corrected chi connectivity index (χ0v) is 11.5. The van der Waals surface area contributed by atoms with Gasteiger partial charge in [-0.1, -0.05) is 6.92 Å². The van der Waals surface area contributed by atoms with Gasteiger partial charge in [-0.2, -0.15) is 0 Å². The van der Waals surface area contributed by atoms with E-state index in [0.717, 1.165) is 12.1 Å². The van der Waals surface area contributed by atoms with Crippen LogP contribution in [0.2, 0.25) is 0 Å². The number of ether oxygens (including phenoxy) is 1. The van der Waals surface area contributed by atoms with Gasteiger partial charge in [-0.05, 0) is 45.4 Å². The topological polar surface area (TPSA) is 64.3 Å². The number of nitrogen functional groups attached to an aromatic ring is 1. The molecule has 0 radical (unpaired) electrons. The third-order valence-corrected chi connectivity index (χ3v) is 2.62. The van der Waals surface area contributed by atoms with Gasteiger partial charge in [0.1, 0.15) is 0 Å². The number of carbonyl (C=O) groups is 1. The van der Waals surface area contributed by atoms with Crippen LogP contribution in [0.25, 0.3) is 0 Å². The molecule has 0 heterocycles. The monoisotopic (exact) mass is 250 g/mol. The minimum Gasteiger partial charge on any atom is -0.459 e. The van der Waals surface area contributed by atoms with Crippen LogP contribution in [0.3, 0.4) is 0 Å². The maximum atomic E-state index is 12.0. The van der Waals surface area contributed by atoms with Crippen molar-refractivity contribution >= 4 is 17.3 Å². The Morgan fingerprint density at radius 2 is 2.06 bits per heavy atom. The normalized spacial score (nSPS) is 12.3. The number of rotatable bonds is 5. The molecule has 0 amide bonds. The van der Waals surface area contributed by atoms with E-state index in [-0.39, 0.29) is 12.1 Å². The summed E-state index contributed by atoms with van der Waals surface area (Å²) in [5.41, 5.74) is 7.54. The zero-order valence-electron chi connectivity index (χ0n) is 11.5. The van der Waals surface area contributed by atoms with Crippen molar-refractivity contribution in [2.45, 2.75) is 46.3 Å². The van der Waals surface area contributed by atoms with Crippen LogP contribution in [0.15, 0.2) is 18.2 Å². The van der Waals surface area contributed by atoms with E-state index in [1.54, 1.807) is 12.1 Å². The first-order chi connectivity index (χ1) is 8.43. The number of hydrogen-bond donors (Lipinski definition) is 2. The van der Waals surface area contributed by atoms with E-state index in [1.807, 2.05) is 19.9 Å². The van der Waals surface area contributed by atoms with Crippen molar-refractivity contribution in [3.63, 3.8) is 0 Å². The molecule has 0 aromatic heterocycles. The predicted octanol–water partition coefficient (Wildman–Crippen LogP) is 3.04. The van der Waals surface area contributed by atoms with Crippen molar-refractivity contribution in [2.75, 3.05) is 11.1 Å². The van der Waals surface area contributed by atoms with Gasteiger partial charge >= 0.3 is 5.97 Å². The Balaban J connectivity index is 2.99. The fourth-order valence-corrected chi connectivity index (χ4v) is 1.50. The van der Waals surface area contributed by atoms with Crippen LogP contribution in [0.5, 0.6) is 0 Å². The Hall–Kier alpha value is -1.71. The molecule has 1 aromatic carbocycles. The molecule has 0 bridgehead atoms. The molecule has 1 rings (SSSR count). The lowest BCUT2D eigenvalue weighted by atomic mass is 10.1. The smallest absolute Gasteiger partial charge is 0.340 e. The summed E-state index contributed by atoms with van der Waals surface area (Å²) in [6, 6.07) is 5.53. The fourth-order valence-electron chi connectivity index (χ4n) is 1.50. The van der Waals surface area contributed by atoms with E-state index in [2.05, 4.69) is 19.2 Å². The average Bonchev–Trinajstić information content (AvgIpc) is 2.30. The van der Waals surface area contributed by atoms with Crippen LogP contribution in [0.4, 0.5) is 11.4 Å². The molecular weight excluding hydrogens is 228 g/mol. The Bertz CT molecular complexity index is 416. The fraction of sp³-hybridized carbons (Fsp3) is 0.500. The van der Waals surface area contributed by atoms with Crippen molar-refractivity contribution < 1.29 is 9.53 Å². The largest absolute Gasteiger partial charge is 0.459 e. The third kappa shape index (κ3) is 3.95. The maximum Gasteiger partial charge on any atom is 0.340 e. The summed E-state index contributed by atoms with van der Waals surface area (Å²) < 4.78 is 5.21. The highest BCUT2D eigenvalue weighted by Gasteiger charge is 2.15. The molecule has 0 spiro atoms. The zero-order chi connectivity index (χ0) is 13.7. The number of esters is 1. The lowest BCUT2D eigenvalue weighted by Gasteiger charge is -2.17. The number of nitrogens with two attached hydrogens (primary N) is 1. The molecular formula is C14H22N2O2. The number of nitrogens with one attached hydrogen (secondary N) is 1. The van der Waals surface area contributed by atoms with Crippen LogP contribution >= 0.6 is 0 Å². The molecule has 1 atom stereocenters. The number of anilines is 2. The first-order valence-electron chi connectivity index (χ1n) is 6.31. The highest BCUT2D eigenvalue weighted by atomic mass is 16.5. The molecule has 0 saturated carbocycles. The summed E-state index contributed by atoms with van der Waals surface area (Å²) in [7, 11) is 0. The van der Waals surface area contributed by atoms with E-state index < -0.39 is 0 Å². The van der Waals surface area contributed by atoms with E-state index in [1.165, 1.54) is 0 Å². The van der Waals surface area contributed by atoms with Crippen LogP contribution in [0.1, 0.15) is 44.5 Å². The molecule has 0 aliphatic heterocycles. The summed E-state index contributed by atoms with van der Waals surface area (Å²) in [5, 5.41) is 3.29. The van der Waals surface area contributed by atoms with Crippen LogP contribution in [-0.4, -0.2) is 18.1 Å². The summed E-state index contributed by atoms with van der Waals surface area (Å²) in [4.78, 5) is 12.0. The quantitative estimate of drug-likeness (QED) is 0.622. The summed E-state index contributed by atoms with van der Waals surface area (Å²) >= 11 is 0. The minimum absolute atomic E-state index is 0.143. The van der Waals surface area contributed by atoms with E-state index in [0.29, 0.717) is 17.3 Å². The SMILES string of the molecule is CC[C@H](C)Nc1ccc(N)cc1C(=O)OC(C)C. The van der Waals surface area contributed by atoms with Gasteiger partial charge in [0.05, 0.1) is 11.7 Å². The molecule has 0 aliphatic carbocycles. The van der Waals surface area contributed by atoms with E-state index in [9.17, 15) is 4.79 Å². The summed E-state index contributed by atoms with van der Waals surface area (Å²) in [6.07, 6.45) is 0.832. The Morgan fingerprint density at radius 3 is 2.61 bits per heavy atom. The van der Waals surface area contributed by atoms with Crippen molar-refractivity contribution in [1.82, 2.24) is 0 Å². The summed E-state index contributed by atoms with van der Waals surface area (Å²) in [6.45, 7) is 7.80. The predicted molar refractivity (Wildman–Crippen MR) is 74.8 cm³/mol. The van der Waals surface area contributed by atoms with Gasteiger partial charge in [0.15, 0.2) is 0 Å². The van der Waals surface area contributed by atoms with Crippen molar-refractivity contribution in [3.05, 3.63) is 23.8 Å². The standard InChI is InChI=1S/C14H22N2O2/c1-5-10(4)16-13-7-6-11(15)8-12(13)14(17)18-9(2)3/h6-10,16H,5,15H2,1-4H3/t10-/m0/s1. The van der Waals surface area contributed by atoms with E-state index in [4.69, 9.17) is 10.5 Å². The average molecular weight is 250 g/mol. The van der Waals surface area contributed by atoms with Gasteiger partial charge in [-0.15, -0.1) is 0 Å². The Kier molecular flexibility index (Phi) is 5.01. The Labute approximate surface area is 109 Å². The van der Waals surface area contributed by atoms with Gasteiger partial charge in [0, 0.05) is 17.4 Å². The van der Waals surface area contributed by atoms with Gasteiger partial charge in [-0.3, -0.25) is 0 Å². The van der Waals surface area contributed by atoms with Crippen LogP contribution in [-0.2, 0) is 4.74 Å². The highest BCUT2D eigenvalue weighted by molar-refractivity contribution is 5.96. The molecule has 0 fully saturated rings. The first kappa shape index (κ1) is 14.4. The van der Waals surface area contributed by atoms with Gasteiger partial charge < -0.3 is 15.8 Å². The molecule has 1 aromatic rings. The van der Waals surface area contributed by atoms with Gasteiger partial charge in [0.2, 0.25) is 0 Å². The molecule has 0 saturated heterocycles. The molecule has 3 N–H and O–H groups in total. The number of benzene rings is 1. The molecule has 4 heteroatoms. The second kappa shape index (κ2) is 6.28. The molecule has 0 unspecified atom stereocenters. The molecule has 18 heavy (non-hydrogen) atoms. The second-order valence-electron chi connectivity index (χ2n) is 4.71. The lowest BCUT2D eigenvalue weighted by Crippen LogP contribution is -2.18. The van der Waals surface area contributed by atoms with Gasteiger partial charge in [-0.25, -0.2) is 4.79 Å².